The number of non-ortho nitro benzene ring substituents is 1. The van der Waals surface area contributed by atoms with Crippen molar-refractivity contribution in [1.29, 1.82) is 0 Å². The van der Waals surface area contributed by atoms with E-state index in [2.05, 4.69) is 31.2 Å². The Morgan fingerprint density at radius 3 is 2.26 bits per heavy atom. The maximum Gasteiger partial charge on any atom is 0.269 e. The molecule has 0 aliphatic heterocycles. The molecule has 4 heteroatoms. The van der Waals surface area contributed by atoms with Crippen LogP contribution in [-0.2, 0) is 6.42 Å². The predicted molar refractivity (Wildman–Crippen MR) is 78.7 cm³/mol. The first-order chi connectivity index (χ1) is 9.15. The van der Waals surface area contributed by atoms with Crippen LogP contribution in [0.5, 0.6) is 0 Å². The minimum atomic E-state index is -0.374. The van der Waals surface area contributed by atoms with Gasteiger partial charge in [-0.25, -0.2) is 0 Å². The molecule has 0 spiro atoms. The molecule has 0 unspecified atom stereocenters. The largest absolute Gasteiger partial charge is 0.269 e. The fourth-order valence-electron chi connectivity index (χ4n) is 1.71. The van der Waals surface area contributed by atoms with Crippen molar-refractivity contribution in [2.45, 2.75) is 18.2 Å². The number of aryl methyl sites for hydroxylation is 2. The molecular weight excluding hydrogens is 258 g/mol. The third kappa shape index (κ3) is 4.10. The van der Waals surface area contributed by atoms with E-state index >= 15 is 0 Å². The highest BCUT2D eigenvalue weighted by Gasteiger charge is 2.04. The first-order valence-corrected chi connectivity index (χ1v) is 7.06. The van der Waals surface area contributed by atoms with E-state index in [0.717, 1.165) is 17.1 Å². The number of nitrogens with zero attached hydrogens (tertiary/aromatic N) is 1. The van der Waals surface area contributed by atoms with Crippen LogP contribution >= 0.6 is 11.8 Å². The zero-order valence-electron chi connectivity index (χ0n) is 10.7. The van der Waals surface area contributed by atoms with Gasteiger partial charge in [-0.3, -0.25) is 10.1 Å². The van der Waals surface area contributed by atoms with Gasteiger partial charge in [-0.05, 0) is 31.0 Å². The number of hydrogen-bond donors (Lipinski definition) is 0. The lowest BCUT2D eigenvalue weighted by Gasteiger charge is -2.03. The first kappa shape index (κ1) is 13.6. The summed E-state index contributed by atoms with van der Waals surface area (Å²) in [5.41, 5.74) is 2.73. The molecule has 0 aromatic heterocycles. The lowest BCUT2D eigenvalue weighted by Crippen LogP contribution is -1.89. The maximum atomic E-state index is 10.5. The summed E-state index contributed by atoms with van der Waals surface area (Å²) in [5.74, 6) is 0.973. The summed E-state index contributed by atoms with van der Waals surface area (Å²) < 4.78 is 0. The third-order valence-corrected chi connectivity index (χ3v) is 3.84. The van der Waals surface area contributed by atoms with Crippen LogP contribution in [0.1, 0.15) is 11.1 Å². The number of rotatable bonds is 5. The van der Waals surface area contributed by atoms with Crippen molar-refractivity contribution in [3.63, 3.8) is 0 Å². The van der Waals surface area contributed by atoms with E-state index in [0.29, 0.717) is 0 Å². The molecule has 2 aromatic carbocycles. The number of nitro groups is 1. The molecule has 3 nitrogen and oxygen atoms in total. The fourth-order valence-corrected chi connectivity index (χ4v) is 2.61. The molecule has 98 valence electrons. The van der Waals surface area contributed by atoms with Gasteiger partial charge in [0.05, 0.1) is 4.92 Å². The Balaban J connectivity index is 1.85. The average Bonchev–Trinajstić information content (AvgIpc) is 2.41. The standard InChI is InChI=1S/C15H15NO2S/c1-12-2-4-13(5-3-12)10-11-19-15-8-6-14(7-9-15)16(17)18/h2-9H,10-11H2,1H3. The van der Waals surface area contributed by atoms with Gasteiger partial charge < -0.3 is 0 Å². The van der Waals surface area contributed by atoms with E-state index < -0.39 is 0 Å². The van der Waals surface area contributed by atoms with Crippen molar-refractivity contribution in [2.75, 3.05) is 5.75 Å². The molecule has 2 rings (SSSR count). The Labute approximate surface area is 116 Å². The number of hydrogen-bond acceptors (Lipinski definition) is 3. The topological polar surface area (TPSA) is 43.1 Å². The van der Waals surface area contributed by atoms with Crippen molar-refractivity contribution in [3.05, 3.63) is 69.8 Å². The van der Waals surface area contributed by atoms with Gasteiger partial charge in [0.2, 0.25) is 0 Å². The van der Waals surface area contributed by atoms with Gasteiger partial charge in [0.25, 0.3) is 5.69 Å². The SMILES string of the molecule is Cc1ccc(CCSc2ccc([N+](=O)[O-])cc2)cc1. The summed E-state index contributed by atoms with van der Waals surface area (Å²) in [5, 5.41) is 10.5. The molecule has 0 amide bonds. The summed E-state index contributed by atoms with van der Waals surface area (Å²) in [6.45, 7) is 2.08. The monoisotopic (exact) mass is 273 g/mol. The predicted octanol–water partition coefficient (Wildman–Crippen LogP) is 4.24. The molecular formula is C15H15NO2S. The highest BCUT2D eigenvalue weighted by atomic mass is 32.2. The van der Waals surface area contributed by atoms with Crippen LogP contribution in [0.2, 0.25) is 0 Å². The van der Waals surface area contributed by atoms with Crippen LogP contribution in [0, 0.1) is 17.0 Å². The smallest absolute Gasteiger partial charge is 0.258 e. The van der Waals surface area contributed by atoms with Crippen LogP contribution in [-0.4, -0.2) is 10.7 Å². The van der Waals surface area contributed by atoms with E-state index in [1.54, 1.807) is 36.0 Å². The van der Waals surface area contributed by atoms with Gasteiger partial charge in [-0.1, -0.05) is 29.8 Å². The van der Waals surface area contributed by atoms with Crippen LogP contribution in [0.15, 0.2) is 53.4 Å². The van der Waals surface area contributed by atoms with Gasteiger partial charge in [0.15, 0.2) is 0 Å². The van der Waals surface area contributed by atoms with E-state index in [4.69, 9.17) is 0 Å². The number of thioether (sulfide) groups is 1. The molecule has 19 heavy (non-hydrogen) atoms. The Morgan fingerprint density at radius 1 is 1.05 bits per heavy atom. The minimum absolute atomic E-state index is 0.142. The van der Waals surface area contributed by atoms with Gasteiger partial charge in [-0.15, -0.1) is 11.8 Å². The zero-order chi connectivity index (χ0) is 13.7. The molecule has 0 aliphatic rings. The van der Waals surface area contributed by atoms with Crippen LogP contribution < -0.4 is 0 Å². The average molecular weight is 273 g/mol. The number of benzene rings is 2. The highest BCUT2D eigenvalue weighted by molar-refractivity contribution is 7.99. The van der Waals surface area contributed by atoms with Crippen molar-refractivity contribution < 1.29 is 4.92 Å². The molecule has 0 saturated carbocycles. The Morgan fingerprint density at radius 2 is 1.68 bits per heavy atom. The second-order valence-electron chi connectivity index (χ2n) is 4.34. The summed E-state index contributed by atoms with van der Waals surface area (Å²) >= 11 is 1.72. The molecule has 0 N–H and O–H groups in total. The Kier molecular flexibility index (Phi) is 4.58. The van der Waals surface area contributed by atoms with E-state index in [9.17, 15) is 10.1 Å². The third-order valence-electron chi connectivity index (χ3n) is 2.83. The highest BCUT2D eigenvalue weighted by Crippen LogP contribution is 2.22. The lowest BCUT2D eigenvalue weighted by atomic mass is 10.1. The van der Waals surface area contributed by atoms with E-state index in [1.165, 1.54) is 11.1 Å². The van der Waals surface area contributed by atoms with Crippen molar-refractivity contribution in [2.24, 2.45) is 0 Å². The van der Waals surface area contributed by atoms with Gasteiger partial charge >= 0.3 is 0 Å². The molecule has 0 fully saturated rings. The fraction of sp³-hybridized carbons (Fsp3) is 0.200. The zero-order valence-corrected chi connectivity index (χ0v) is 11.5. The van der Waals surface area contributed by atoms with Gasteiger partial charge in [-0.2, -0.15) is 0 Å². The number of nitro benzene ring substituents is 1. The molecule has 0 atom stereocenters. The lowest BCUT2D eigenvalue weighted by molar-refractivity contribution is -0.384. The van der Waals surface area contributed by atoms with Crippen molar-refractivity contribution in [1.82, 2.24) is 0 Å². The Bertz CT molecular complexity index is 549. The van der Waals surface area contributed by atoms with Crippen LogP contribution in [0.25, 0.3) is 0 Å². The van der Waals surface area contributed by atoms with E-state index in [1.807, 2.05) is 0 Å². The quantitative estimate of drug-likeness (QED) is 0.465. The van der Waals surface area contributed by atoms with Crippen LogP contribution in [0.4, 0.5) is 5.69 Å². The van der Waals surface area contributed by atoms with Crippen molar-refractivity contribution in [3.8, 4) is 0 Å². The minimum Gasteiger partial charge on any atom is -0.258 e. The first-order valence-electron chi connectivity index (χ1n) is 6.08. The van der Waals surface area contributed by atoms with Gasteiger partial charge in [0, 0.05) is 22.8 Å². The maximum absolute atomic E-state index is 10.5. The molecule has 0 aliphatic carbocycles. The summed E-state index contributed by atoms with van der Waals surface area (Å²) in [7, 11) is 0. The van der Waals surface area contributed by atoms with E-state index in [-0.39, 0.29) is 10.6 Å². The molecule has 0 heterocycles. The second kappa shape index (κ2) is 6.38. The molecule has 0 radical (unpaired) electrons. The van der Waals surface area contributed by atoms with Crippen LogP contribution in [0.3, 0.4) is 0 Å². The van der Waals surface area contributed by atoms with Gasteiger partial charge in [0.1, 0.15) is 0 Å². The summed E-state index contributed by atoms with van der Waals surface area (Å²) in [6.07, 6.45) is 1.00. The normalized spacial score (nSPS) is 10.4. The summed E-state index contributed by atoms with van der Waals surface area (Å²) in [6, 6.07) is 15.2. The van der Waals surface area contributed by atoms with Crippen molar-refractivity contribution >= 4 is 17.4 Å². The Hall–Kier alpha value is -1.81. The molecule has 0 saturated heterocycles. The second-order valence-corrected chi connectivity index (χ2v) is 5.50. The molecule has 0 bridgehead atoms. The molecule has 2 aromatic rings. The summed E-state index contributed by atoms with van der Waals surface area (Å²) in [4.78, 5) is 11.2.